The van der Waals surface area contributed by atoms with E-state index in [0.29, 0.717) is 24.9 Å². The van der Waals surface area contributed by atoms with Gasteiger partial charge in [0.15, 0.2) is 0 Å². The fourth-order valence-corrected chi connectivity index (χ4v) is 3.68. The molecule has 3 heterocycles. The number of hydrogen-bond donors (Lipinski definition) is 1. The molecular weight excluding hydrogens is 356 g/mol. The molecule has 4 aromatic rings. The number of carbonyl (C=O) groups is 1. The summed E-state index contributed by atoms with van der Waals surface area (Å²) in [5.74, 6) is 0.709. The average molecular weight is 378 g/mol. The van der Waals surface area contributed by atoms with Crippen molar-refractivity contribution in [3.05, 3.63) is 65.0 Å². The van der Waals surface area contributed by atoms with Crippen LogP contribution in [-0.4, -0.2) is 26.8 Å². The van der Waals surface area contributed by atoms with Gasteiger partial charge in [-0.2, -0.15) is 5.10 Å². The van der Waals surface area contributed by atoms with Gasteiger partial charge in [0.1, 0.15) is 17.3 Å². The second-order valence-electron chi connectivity index (χ2n) is 6.77. The van der Waals surface area contributed by atoms with Crippen molar-refractivity contribution >= 4 is 27.7 Å². The summed E-state index contributed by atoms with van der Waals surface area (Å²) in [6.07, 6.45) is 4.49. The summed E-state index contributed by atoms with van der Waals surface area (Å²) < 4.78 is 8.47. The highest BCUT2D eigenvalue weighted by Gasteiger charge is 2.25. The molecule has 1 N–H and O–H groups in total. The summed E-state index contributed by atoms with van der Waals surface area (Å²) in [6.45, 7) is 2.42. The van der Waals surface area contributed by atoms with Crippen molar-refractivity contribution in [3.63, 3.8) is 0 Å². The smallest absolute Gasteiger partial charge is 0.291 e. The Morgan fingerprint density at radius 1 is 1.21 bits per heavy atom. The average Bonchev–Trinajstić information content (AvgIpc) is 3.33. The molecule has 0 saturated carbocycles. The topological polar surface area (TPSA) is 82.1 Å². The molecule has 4 rings (SSSR count). The third-order valence-corrected chi connectivity index (χ3v) is 5.06. The Kier molecular flexibility index (Phi) is 4.73. The highest BCUT2D eigenvalue weighted by Crippen LogP contribution is 2.30. The van der Waals surface area contributed by atoms with Crippen molar-refractivity contribution in [2.45, 2.75) is 25.8 Å². The zero-order valence-corrected chi connectivity index (χ0v) is 15.9. The molecule has 0 unspecified atom stereocenters. The lowest BCUT2D eigenvalue weighted by molar-refractivity contribution is -0.124. The largest absolute Gasteiger partial charge is 0.469 e. The first kappa shape index (κ1) is 18.0. The molecule has 7 heteroatoms. The van der Waals surface area contributed by atoms with E-state index in [2.05, 4.69) is 10.4 Å². The molecule has 0 aliphatic heterocycles. The predicted molar refractivity (Wildman–Crippen MR) is 107 cm³/mol. The number of nitrogens with one attached hydrogen (secondary N) is 1. The molecule has 0 spiro atoms. The Balaban J connectivity index is 1.75. The van der Waals surface area contributed by atoms with Crippen molar-refractivity contribution in [1.29, 1.82) is 0 Å². The van der Waals surface area contributed by atoms with E-state index in [1.807, 2.05) is 47.9 Å². The van der Waals surface area contributed by atoms with Gasteiger partial charge in [-0.15, -0.1) is 0 Å². The van der Waals surface area contributed by atoms with Gasteiger partial charge in [-0.25, -0.2) is 4.68 Å². The first-order chi connectivity index (χ1) is 13.6. The number of para-hydroxylation sites is 1. The minimum absolute atomic E-state index is 0.115. The van der Waals surface area contributed by atoms with Gasteiger partial charge < -0.3 is 14.3 Å². The maximum absolute atomic E-state index is 13.0. The van der Waals surface area contributed by atoms with E-state index in [1.165, 1.54) is 4.68 Å². The lowest BCUT2D eigenvalue weighted by atomic mass is 10.2. The molecule has 0 bridgehead atoms. The van der Waals surface area contributed by atoms with Gasteiger partial charge in [-0.3, -0.25) is 9.59 Å². The standard InChI is InChI=1S/C21H22N4O3/c1-3-17(20(26)22-11-10-14-7-6-12-28-14)25-18-9-5-4-8-15(18)16-13-23-24(2)21(27)19(16)25/h4-9,12-13,17H,3,10-11H2,1-2H3,(H,22,26)/t17-/m1/s1. The van der Waals surface area contributed by atoms with Crippen LogP contribution < -0.4 is 10.9 Å². The summed E-state index contributed by atoms with van der Waals surface area (Å²) in [5.41, 5.74) is 1.15. The maximum Gasteiger partial charge on any atom is 0.291 e. The molecule has 1 atom stereocenters. The summed E-state index contributed by atoms with van der Waals surface area (Å²) in [7, 11) is 1.62. The number of amides is 1. The molecular formula is C21H22N4O3. The number of aromatic nitrogens is 3. The third-order valence-electron chi connectivity index (χ3n) is 5.06. The van der Waals surface area contributed by atoms with E-state index < -0.39 is 6.04 Å². The third kappa shape index (κ3) is 2.98. The number of hydrogen-bond acceptors (Lipinski definition) is 4. The van der Waals surface area contributed by atoms with Crippen LogP contribution in [0.4, 0.5) is 0 Å². The number of benzene rings is 1. The van der Waals surface area contributed by atoms with E-state index in [-0.39, 0.29) is 11.5 Å². The van der Waals surface area contributed by atoms with Crippen LogP contribution in [0.25, 0.3) is 21.8 Å². The Morgan fingerprint density at radius 2 is 2.04 bits per heavy atom. The van der Waals surface area contributed by atoms with Gasteiger partial charge in [0.05, 0.1) is 18.0 Å². The van der Waals surface area contributed by atoms with Gasteiger partial charge in [0.25, 0.3) is 5.56 Å². The molecule has 28 heavy (non-hydrogen) atoms. The molecule has 0 aliphatic carbocycles. The van der Waals surface area contributed by atoms with Gasteiger partial charge in [0, 0.05) is 30.8 Å². The fraction of sp³-hybridized carbons (Fsp3) is 0.286. The van der Waals surface area contributed by atoms with Crippen LogP contribution in [0.3, 0.4) is 0 Å². The van der Waals surface area contributed by atoms with Crippen LogP contribution in [0.15, 0.2) is 58.1 Å². The molecule has 1 amide bonds. The van der Waals surface area contributed by atoms with Gasteiger partial charge in [0.2, 0.25) is 5.91 Å². The molecule has 0 radical (unpaired) electrons. The molecule has 0 saturated heterocycles. The van der Waals surface area contributed by atoms with E-state index in [0.717, 1.165) is 22.0 Å². The summed E-state index contributed by atoms with van der Waals surface area (Å²) in [6, 6.07) is 10.9. The van der Waals surface area contributed by atoms with Crippen LogP contribution in [0.2, 0.25) is 0 Å². The zero-order chi connectivity index (χ0) is 19.7. The lowest BCUT2D eigenvalue weighted by Gasteiger charge is -2.19. The summed E-state index contributed by atoms with van der Waals surface area (Å²) >= 11 is 0. The van der Waals surface area contributed by atoms with E-state index in [1.54, 1.807) is 19.5 Å². The number of furan rings is 1. The van der Waals surface area contributed by atoms with Crippen LogP contribution in [0, 0.1) is 0 Å². The molecule has 7 nitrogen and oxygen atoms in total. The van der Waals surface area contributed by atoms with E-state index >= 15 is 0 Å². The zero-order valence-electron chi connectivity index (χ0n) is 15.9. The minimum Gasteiger partial charge on any atom is -0.469 e. The molecule has 0 fully saturated rings. The first-order valence-corrected chi connectivity index (χ1v) is 9.37. The highest BCUT2D eigenvalue weighted by atomic mass is 16.3. The quantitative estimate of drug-likeness (QED) is 0.559. The van der Waals surface area contributed by atoms with Gasteiger partial charge >= 0.3 is 0 Å². The molecule has 3 aromatic heterocycles. The van der Waals surface area contributed by atoms with Crippen molar-refractivity contribution in [2.75, 3.05) is 6.54 Å². The summed E-state index contributed by atoms with van der Waals surface area (Å²) in [4.78, 5) is 25.9. The van der Waals surface area contributed by atoms with Gasteiger partial charge in [-0.1, -0.05) is 25.1 Å². The molecule has 0 aliphatic rings. The van der Waals surface area contributed by atoms with Crippen LogP contribution in [0.1, 0.15) is 25.1 Å². The van der Waals surface area contributed by atoms with Gasteiger partial charge in [-0.05, 0) is 24.6 Å². The van der Waals surface area contributed by atoms with Crippen molar-refractivity contribution in [3.8, 4) is 0 Å². The maximum atomic E-state index is 13.0. The highest BCUT2D eigenvalue weighted by molar-refractivity contribution is 6.08. The Bertz CT molecular complexity index is 1190. The number of carbonyl (C=O) groups excluding carboxylic acids is 1. The van der Waals surface area contributed by atoms with Crippen LogP contribution in [0.5, 0.6) is 0 Å². The Morgan fingerprint density at radius 3 is 2.79 bits per heavy atom. The van der Waals surface area contributed by atoms with Crippen molar-refractivity contribution in [2.24, 2.45) is 7.05 Å². The Labute approximate surface area is 161 Å². The first-order valence-electron chi connectivity index (χ1n) is 9.37. The Hall–Kier alpha value is -3.35. The predicted octanol–water partition coefficient (Wildman–Crippen LogP) is 2.79. The van der Waals surface area contributed by atoms with Crippen molar-refractivity contribution in [1.82, 2.24) is 19.7 Å². The SMILES string of the molecule is CC[C@H](C(=O)NCCc1ccco1)n1c2ccccc2c2cnn(C)c(=O)c21. The van der Waals surface area contributed by atoms with E-state index in [4.69, 9.17) is 4.42 Å². The van der Waals surface area contributed by atoms with E-state index in [9.17, 15) is 9.59 Å². The number of fused-ring (bicyclic) bond motifs is 3. The normalized spacial score (nSPS) is 12.5. The minimum atomic E-state index is -0.492. The monoisotopic (exact) mass is 378 g/mol. The number of nitrogens with zero attached hydrogens (tertiary/aromatic N) is 3. The summed E-state index contributed by atoms with van der Waals surface area (Å²) in [5, 5.41) is 8.82. The van der Waals surface area contributed by atoms with Crippen LogP contribution in [-0.2, 0) is 18.3 Å². The van der Waals surface area contributed by atoms with Crippen LogP contribution >= 0.6 is 0 Å². The number of rotatable bonds is 6. The second kappa shape index (κ2) is 7.34. The molecule has 1 aromatic carbocycles. The molecule has 144 valence electrons. The number of aryl methyl sites for hydroxylation is 1. The lowest BCUT2D eigenvalue weighted by Crippen LogP contribution is -2.34. The van der Waals surface area contributed by atoms with Crippen molar-refractivity contribution < 1.29 is 9.21 Å². The second-order valence-corrected chi connectivity index (χ2v) is 6.77. The fourth-order valence-electron chi connectivity index (χ4n) is 3.68.